The fraction of sp³-hybridized carbons (Fsp3) is 0.240. The number of rotatable bonds is 6. The van der Waals surface area contributed by atoms with Crippen molar-refractivity contribution in [1.29, 1.82) is 0 Å². The summed E-state index contributed by atoms with van der Waals surface area (Å²) in [5, 5.41) is 9.01. The lowest BCUT2D eigenvalue weighted by Gasteiger charge is -2.19. The quantitative estimate of drug-likeness (QED) is 0.278. The van der Waals surface area contributed by atoms with Crippen LogP contribution < -0.4 is 4.74 Å². The van der Waals surface area contributed by atoms with Crippen LogP contribution in [0.5, 0.6) is 5.88 Å². The number of fused-ring (bicyclic) bond motifs is 1. The normalized spacial score (nSPS) is 11.6. The van der Waals surface area contributed by atoms with Gasteiger partial charge >= 0.3 is 6.09 Å². The SMILES string of the molecule is CN(/N=N/c1nc(OCc2ccccc2)c2ncn(C(=O)OC(C)(C)C)c2n1)C(=O)c1ccccc1. The second kappa shape index (κ2) is 10.3. The smallest absolute Gasteiger partial charge is 0.421 e. The van der Waals surface area contributed by atoms with Gasteiger partial charge in [0, 0.05) is 12.6 Å². The van der Waals surface area contributed by atoms with Crippen molar-refractivity contribution in [2.24, 2.45) is 10.3 Å². The monoisotopic (exact) mass is 487 g/mol. The van der Waals surface area contributed by atoms with Crippen molar-refractivity contribution in [2.75, 3.05) is 7.05 Å². The number of benzene rings is 2. The average Bonchev–Trinajstić information content (AvgIpc) is 3.30. The van der Waals surface area contributed by atoms with Crippen molar-refractivity contribution < 1.29 is 19.1 Å². The second-order valence-corrected chi connectivity index (χ2v) is 8.75. The van der Waals surface area contributed by atoms with E-state index in [2.05, 4.69) is 25.3 Å². The Morgan fingerprint density at radius 2 is 1.67 bits per heavy atom. The Hall–Kier alpha value is -4.67. The molecule has 0 radical (unpaired) electrons. The van der Waals surface area contributed by atoms with E-state index in [1.807, 2.05) is 36.4 Å². The van der Waals surface area contributed by atoms with E-state index in [-0.39, 0.29) is 35.5 Å². The molecule has 0 saturated carbocycles. The number of hydrogen-bond acceptors (Lipinski definition) is 9. The Bertz CT molecular complexity index is 1400. The first-order valence-electron chi connectivity index (χ1n) is 11.1. The van der Waals surface area contributed by atoms with Crippen molar-refractivity contribution >= 4 is 29.1 Å². The number of carbonyl (C=O) groups excluding carboxylic acids is 2. The van der Waals surface area contributed by atoms with Crippen LogP contribution in [0.25, 0.3) is 11.2 Å². The zero-order chi connectivity index (χ0) is 25.7. The van der Waals surface area contributed by atoms with Crippen LogP contribution in [0.15, 0.2) is 77.3 Å². The van der Waals surface area contributed by atoms with Gasteiger partial charge in [-0.15, -0.1) is 0 Å². The molecule has 0 aliphatic rings. The minimum Gasteiger partial charge on any atom is -0.471 e. The molecule has 2 heterocycles. The molecule has 2 aromatic carbocycles. The van der Waals surface area contributed by atoms with E-state index in [9.17, 15) is 9.59 Å². The third-order valence-electron chi connectivity index (χ3n) is 4.74. The van der Waals surface area contributed by atoms with Gasteiger partial charge in [0.1, 0.15) is 18.5 Å². The fourth-order valence-corrected chi connectivity index (χ4v) is 3.09. The van der Waals surface area contributed by atoms with Gasteiger partial charge in [0.05, 0.1) is 0 Å². The van der Waals surface area contributed by atoms with Gasteiger partial charge in [-0.1, -0.05) is 58.9 Å². The molecular weight excluding hydrogens is 462 g/mol. The van der Waals surface area contributed by atoms with E-state index < -0.39 is 11.7 Å². The van der Waals surface area contributed by atoms with Crippen molar-refractivity contribution in [1.82, 2.24) is 24.5 Å². The Balaban J connectivity index is 1.67. The molecule has 0 atom stereocenters. The molecule has 4 aromatic rings. The van der Waals surface area contributed by atoms with Crippen LogP contribution in [0.3, 0.4) is 0 Å². The Labute approximate surface area is 207 Å². The molecule has 0 N–H and O–H groups in total. The van der Waals surface area contributed by atoms with Gasteiger partial charge in [0.25, 0.3) is 11.9 Å². The highest BCUT2D eigenvalue weighted by Gasteiger charge is 2.23. The van der Waals surface area contributed by atoms with Crippen LogP contribution in [0, 0.1) is 0 Å². The first kappa shape index (κ1) is 24.5. The molecule has 184 valence electrons. The maximum absolute atomic E-state index is 12.7. The first-order chi connectivity index (χ1) is 17.2. The molecule has 36 heavy (non-hydrogen) atoms. The maximum Gasteiger partial charge on any atom is 0.421 e. The number of hydrogen-bond donors (Lipinski definition) is 0. The lowest BCUT2D eigenvalue weighted by atomic mass is 10.2. The molecule has 0 unspecified atom stereocenters. The Kier molecular flexibility index (Phi) is 7.00. The highest BCUT2D eigenvalue weighted by molar-refractivity contribution is 5.93. The third-order valence-corrected chi connectivity index (χ3v) is 4.74. The summed E-state index contributed by atoms with van der Waals surface area (Å²) in [5.41, 5.74) is 1.02. The Morgan fingerprint density at radius 3 is 2.33 bits per heavy atom. The van der Waals surface area contributed by atoms with Crippen LogP contribution in [-0.2, 0) is 11.3 Å². The van der Waals surface area contributed by atoms with E-state index in [0.717, 1.165) is 15.1 Å². The molecule has 0 spiro atoms. The number of nitrogens with zero attached hydrogens (tertiary/aromatic N) is 7. The summed E-state index contributed by atoms with van der Waals surface area (Å²) in [4.78, 5) is 38.2. The predicted octanol–water partition coefficient (Wildman–Crippen LogP) is 4.96. The summed E-state index contributed by atoms with van der Waals surface area (Å²) in [7, 11) is 1.47. The summed E-state index contributed by atoms with van der Waals surface area (Å²) in [6, 6.07) is 18.2. The van der Waals surface area contributed by atoms with E-state index in [4.69, 9.17) is 9.47 Å². The van der Waals surface area contributed by atoms with E-state index in [1.165, 1.54) is 13.4 Å². The van der Waals surface area contributed by atoms with Gasteiger partial charge in [-0.05, 0) is 38.5 Å². The van der Waals surface area contributed by atoms with Crippen molar-refractivity contribution in [3.8, 4) is 5.88 Å². The fourth-order valence-electron chi connectivity index (χ4n) is 3.09. The maximum atomic E-state index is 12.7. The lowest BCUT2D eigenvalue weighted by molar-refractivity contribution is 0.0542. The average molecular weight is 488 g/mol. The van der Waals surface area contributed by atoms with Crippen LogP contribution in [0.1, 0.15) is 36.7 Å². The number of ether oxygens (including phenoxy) is 2. The molecule has 11 nitrogen and oxygen atoms in total. The molecule has 0 aliphatic carbocycles. The zero-order valence-electron chi connectivity index (χ0n) is 20.3. The van der Waals surface area contributed by atoms with Crippen LogP contribution in [-0.4, -0.2) is 49.2 Å². The minimum atomic E-state index is -0.726. The third kappa shape index (κ3) is 5.87. The first-order valence-corrected chi connectivity index (χ1v) is 11.1. The topological polar surface area (TPSA) is 124 Å². The number of carbonyl (C=O) groups is 2. The van der Waals surface area contributed by atoms with Crippen molar-refractivity contribution in [2.45, 2.75) is 33.0 Å². The number of amides is 1. The van der Waals surface area contributed by atoms with Gasteiger partial charge in [-0.2, -0.15) is 9.97 Å². The molecule has 0 fully saturated rings. The standard InChI is InChI=1S/C25H25N7O4/c1-25(2,3)36-24(34)32-16-26-19-20(32)27-23(28-21(19)35-15-17-11-7-5-8-12-17)29-30-31(4)22(33)18-13-9-6-10-14-18/h5-14,16H,15H2,1-4H3/b30-29+. The summed E-state index contributed by atoms with van der Waals surface area (Å²) in [5.74, 6) is -0.375. The summed E-state index contributed by atoms with van der Waals surface area (Å²) in [6.45, 7) is 5.47. The summed E-state index contributed by atoms with van der Waals surface area (Å²) < 4.78 is 12.5. The second-order valence-electron chi connectivity index (χ2n) is 8.75. The van der Waals surface area contributed by atoms with Gasteiger partial charge in [-0.3, -0.25) is 4.79 Å². The highest BCUT2D eigenvalue weighted by Crippen LogP contribution is 2.26. The van der Waals surface area contributed by atoms with Gasteiger partial charge < -0.3 is 9.47 Å². The van der Waals surface area contributed by atoms with Gasteiger partial charge in [0.15, 0.2) is 11.2 Å². The molecular formula is C25H25N7O4. The van der Waals surface area contributed by atoms with Gasteiger partial charge in [0.2, 0.25) is 5.88 Å². The molecule has 1 amide bonds. The van der Waals surface area contributed by atoms with Crippen LogP contribution >= 0.6 is 0 Å². The molecule has 0 aliphatic heterocycles. The largest absolute Gasteiger partial charge is 0.471 e. The molecule has 4 rings (SSSR count). The zero-order valence-corrected chi connectivity index (χ0v) is 20.3. The van der Waals surface area contributed by atoms with E-state index >= 15 is 0 Å². The highest BCUT2D eigenvalue weighted by atomic mass is 16.6. The van der Waals surface area contributed by atoms with E-state index in [1.54, 1.807) is 45.0 Å². The Morgan fingerprint density at radius 1 is 1.00 bits per heavy atom. The lowest BCUT2D eigenvalue weighted by Crippen LogP contribution is -2.26. The van der Waals surface area contributed by atoms with Crippen LogP contribution in [0.2, 0.25) is 0 Å². The molecule has 11 heteroatoms. The number of imidazole rings is 1. The summed E-state index contributed by atoms with van der Waals surface area (Å²) in [6.07, 6.45) is 0.617. The summed E-state index contributed by atoms with van der Waals surface area (Å²) >= 11 is 0. The molecule has 0 saturated heterocycles. The number of aromatic nitrogens is 4. The van der Waals surface area contributed by atoms with E-state index in [0.29, 0.717) is 5.56 Å². The van der Waals surface area contributed by atoms with Gasteiger partial charge in [-0.25, -0.2) is 19.4 Å². The predicted molar refractivity (Wildman–Crippen MR) is 131 cm³/mol. The van der Waals surface area contributed by atoms with Crippen molar-refractivity contribution in [3.05, 3.63) is 78.1 Å². The van der Waals surface area contributed by atoms with Crippen molar-refractivity contribution in [3.63, 3.8) is 0 Å². The minimum absolute atomic E-state index is 0.108. The molecule has 2 aromatic heterocycles. The van der Waals surface area contributed by atoms with Crippen LogP contribution in [0.4, 0.5) is 10.7 Å². The molecule has 0 bridgehead atoms.